The fourth-order valence-electron chi connectivity index (χ4n) is 1.91. The van der Waals surface area contributed by atoms with Crippen LogP contribution in [0, 0.1) is 0 Å². The number of carbonyl (C=O) groups is 2. The molecular weight excluding hydrogens is 316 g/mol. The van der Waals surface area contributed by atoms with Crippen LogP contribution < -0.4 is 15.4 Å². The standard InChI is InChI=1S/C17H17ClN2O3/c1-11(23-16-9-4-3-8-15(16)18)17(22)20-14-7-5-6-13(10-14)19-12(2)21/h3-11H,1-2H3,(H,19,21)(H,20,22). The zero-order chi connectivity index (χ0) is 16.8. The van der Waals surface area contributed by atoms with Crippen molar-refractivity contribution < 1.29 is 14.3 Å². The number of halogens is 1. The molecule has 0 saturated heterocycles. The van der Waals surface area contributed by atoms with E-state index in [1.807, 2.05) is 0 Å². The summed E-state index contributed by atoms with van der Waals surface area (Å²) in [5.41, 5.74) is 1.17. The van der Waals surface area contributed by atoms with Crippen molar-refractivity contribution in [3.05, 3.63) is 53.6 Å². The van der Waals surface area contributed by atoms with E-state index in [1.54, 1.807) is 55.5 Å². The van der Waals surface area contributed by atoms with E-state index in [4.69, 9.17) is 16.3 Å². The van der Waals surface area contributed by atoms with Gasteiger partial charge in [0.25, 0.3) is 5.91 Å². The number of carbonyl (C=O) groups excluding carboxylic acids is 2. The highest BCUT2D eigenvalue weighted by atomic mass is 35.5. The van der Waals surface area contributed by atoms with E-state index in [-0.39, 0.29) is 11.8 Å². The topological polar surface area (TPSA) is 67.4 Å². The van der Waals surface area contributed by atoms with Crippen molar-refractivity contribution in [1.82, 2.24) is 0 Å². The summed E-state index contributed by atoms with van der Waals surface area (Å²) >= 11 is 6.01. The number of ether oxygens (including phenoxy) is 1. The van der Waals surface area contributed by atoms with Crippen molar-refractivity contribution in [3.63, 3.8) is 0 Å². The van der Waals surface area contributed by atoms with Crippen molar-refractivity contribution >= 4 is 34.8 Å². The lowest BCUT2D eigenvalue weighted by molar-refractivity contribution is -0.122. The molecule has 23 heavy (non-hydrogen) atoms. The molecule has 0 heterocycles. The Labute approximate surface area is 139 Å². The second kappa shape index (κ2) is 7.65. The number of hydrogen-bond donors (Lipinski definition) is 2. The summed E-state index contributed by atoms with van der Waals surface area (Å²) in [5, 5.41) is 5.84. The van der Waals surface area contributed by atoms with Crippen LogP contribution in [0.25, 0.3) is 0 Å². The van der Waals surface area contributed by atoms with Crippen LogP contribution in [0.1, 0.15) is 13.8 Å². The molecule has 2 amide bonds. The minimum absolute atomic E-state index is 0.177. The molecular formula is C17H17ClN2O3. The van der Waals surface area contributed by atoms with E-state index in [0.29, 0.717) is 22.1 Å². The Kier molecular flexibility index (Phi) is 5.60. The second-order valence-corrected chi connectivity index (χ2v) is 5.35. The van der Waals surface area contributed by atoms with Gasteiger partial charge in [0.15, 0.2) is 6.10 Å². The van der Waals surface area contributed by atoms with Crippen LogP contribution in [0.3, 0.4) is 0 Å². The average molecular weight is 333 g/mol. The van der Waals surface area contributed by atoms with E-state index >= 15 is 0 Å². The van der Waals surface area contributed by atoms with Gasteiger partial charge < -0.3 is 15.4 Å². The maximum Gasteiger partial charge on any atom is 0.265 e. The molecule has 0 aliphatic heterocycles. The Balaban J connectivity index is 2.01. The molecule has 0 bridgehead atoms. The SMILES string of the molecule is CC(=O)Nc1cccc(NC(=O)C(C)Oc2ccccc2Cl)c1. The second-order valence-electron chi connectivity index (χ2n) is 4.94. The highest BCUT2D eigenvalue weighted by Crippen LogP contribution is 2.24. The van der Waals surface area contributed by atoms with E-state index < -0.39 is 6.10 Å². The first-order valence-corrected chi connectivity index (χ1v) is 7.43. The largest absolute Gasteiger partial charge is 0.479 e. The van der Waals surface area contributed by atoms with Crippen molar-refractivity contribution in [2.75, 3.05) is 10.6 Å². The highest BCUT2D eigenvalue weighted by molar-refractivity contribution is 6.32. The quantitative estimate of drug-likeness (QED) is 0.877. The summed E-state index contributed by atoms with van der Waals surface area (Å²) in [6.07, 6.45) is -0.723. The maximum absolute atomic E-state index is 12.2. The monoisotopic (exact) mass is 332 g/mol. The van der Waals surface area contributed by atoms with E-state index in [0.717, 1.165) is 0 Å². The molecule has 2 aromatic carbocycles. The van der Waals surface area contributed by atoms with Crippen LogP contribution in [0.4, 0.5) is 11.4 Å². The fourth-order valence-corrected chi connectivity index (χ4v) is 2.09. The van der Waals surface area contributed by atoms with Gasteiger partial charge >= 0.3 is 0 Å². The third kappa shape index (κ3) is 5.00. The molecule has 1 unspecified atom stereocenters. The summed E-state index contributed by atoms with van der Waals surface area (Å²) in [7, 11) is 0. The minimum Gasteiger partial charge on any atom is -0.479 e. The number of para-hydroxylation sites is 1. The highest BCUT2D eigenvalue weighted by Gasteiger charge is 2.16. The Bertz CT molecular complexity index is 718. The molecule has 0 aromatic heterocycles. The smallest absolute Gasteiger partial charge is 0.265 e. The number of nitrogens with one attached hydrogen (secondary N) is 2. The van der Waals surface area contributed by atoms with Crippen molar-refractivity contribution in [3.8, 4) is 5.75 Å². The molecule has 0 radical (unpaired) electrons. The molecule has 0 saturated carbocycles. The van der Waals surface area contributed by atoms with Crippen LogP contribution in [0.5, 0.6) is 5.75 Å². The van der Waals surface area contributed by atoms with Gasteiger partial charge in [-0.1, -0.05) is 29.8 Å². The molecule has 2 rings (SSSR count). The fraction of sp³-hybridized carbons (Fsp3) is 0.176. The van der Waals surface area contributed by atoms with Crippen LogP contribution in [-0.4, -0.2) is 17.9 Å². The average Bonchev–Trinajstić information content (AvgIpc) is 2.49. The molecule has 5 nitrogen and oxygen atoms in total. The first kappa shape index (κ1) is 16.8. The van der Waals surface area contributed by atoms with E-state index in [2.05, 4.69) is 10.6 Å². The lowest BCUT2D eigenvalue weighted by Gasteiger charge is -2.16. The van der Waals surface area contributed by atoms with Crippen LogP contribution in [-0.2, 0) is 9.59 Å². The van der Waals surface area contributed by atoms with Crippen LogP contribution >= 0.6 is 11.6 Å². The molecule has 6 heteroatoms. The minimum atomic E-state index is -0.723. The van der Waals surface area contributed by atoms with Gasteiger partial charge in [-0.3, -0.25) is 9.59 Å². The van der Waals surface area contributed by atoms with E-state index in [1.165, 1.54) is 6.92 Å². The summed E-state index contributed by atoms with van der Waals surface area (Å²) in [4.78, 5) is 23.3. The van der Waals surface area contributed by atoms with Gasteiger partial charge in [0.2, 0.25) is 5.91 Å². The summed E-state index contributed by atoms with van der Waals surface area (Å²) < 4.78 is 5.56. The van der Waals surface area contributed by atoms with Gasteiger partial charge in [-0.15, -0.1) is 0 Å². The lowest BCUT2D eigenvalue weighted by Crippen LogP contribution is -2.30. The summed E-state index contributed by atoms with van der Waals surface area (Å²) in [5.74, 6) is -0.0439. The van der Waals surface area contributed by atoms with Gasteiger partial charge in [0.1, 0.15) is 5.75 Å². The number of benzene rings is 2. The zero-order valence-electron chi connectivity index (χ0n) is 12.8. The predicted molar refractivity (Wildman–Crippen MR) is 90.9 cm³/mol. The predicted octanol–water partition coefficient (Wildman–Crippen LogP) is 3.70. The van der Waals surface area contributed by atoms with Gasteiger partial charge in [-0.2, -0.15) is 0 Å². The first-order valence-electron chi connectivity index (χ1n) is 7.05. The van der Waals surface area contributed by atoms with Crippen molar-refractivity contribution in [2.24, 2.45) is 0 Å². The Morgan fingerprint density at radius 2 is 1.70 bits per heavy atom. The van der Waals surface area contributed by atoms with Gasteiger partial charge in [-0.05, 0) is 37.3 Å². The molecule has 0 spiro atoms. The van der Waals surface area contributed by atoms with Gasteiger partial charge in [0.05, 0.1) is 5.02 Å². The molecule has 0 aliphatic rings. The lowest BCUT2D eigenvalue weighted by atomic mass is 10.2. The van der Waals surface area contributed by atoms with Crippen molar-refractivity contribution in [1.29, 1.82) is 0 Å². The van der Waals surface area contributed by atoms with E-state index in [9.17, 15) is 9.59 Å². The molecule has 2 aromatic rings. The molecule has 0 fully saturated rings. The number of hydrogen-bond acceptors (Lipinski definition) is 3. The molecule has 1 atom stereocenters. The van der Waals surface area contributed by atoms with Gasteiger partial charge in [-0.25, -0.2) is 0 Å². The zero-order valence-corrected chi connectivity index (χ0v) is 13.6. The summed E-state index contributed by atoms with van der Waals surface area (Å²) in [6, 6.07) is 13.8. The Morgan fingerprint density at radius 1 is 1.04 bits per heavy atom. The number of amides is 2. The third-order valence-corrected chi connectivity index (χ3v) is 3.27. The Hall–Kier alpha value is -2.53. The maximum atomic E-state index is 12.2. The van der Waals surface area contributed by atoms with Gasteiger partial charge in [0, 0.05) is 18.3 Å². The molecule has 120 valence electrons. The molecule has 2 N–H and O–H groups in total. The molecule has 0 aliphatic carbocycles. The number of rotatable bonds is 5. The first-order chi connectivity index (χ1) is 11.0. The normalized spacial score (nSPS) is 11.4. The van der Waals surface area contributed by atoms with Crippen LogP contribution in [0.15, 0.2) is 48.5 Å². The van der Waals surface area contributed by atoms with Crippen LogP contribution in [0.2, 0.25) is 5.02 Å². The Morgan fingerprint density at radius 3 is 2.35 bits per heavy atom. The number of anilines is 2. The summed E-state index contributed by atoms with van der Waals surface area (Å²) in [6.45, 7) is 3.06. The third-order valence-electron chi connectivity index (χ3n) is 2.96. The van der Waals surface area contributed by atoms with Crippen molar-refractivity contribution in [2.45, 2.75) is 20.0 Å².